The van der Waals surface area contributed by atoms with Gasteiger partial charge in [0.2, 0.25) is 0 Å². The number of benzene rings is 1. The zero-order chi connectivity index (χ0) is 15.4. The molecule has 0 aliphatic heterocycles. The predicted molar refractivity (Wildman–Crippen MR) is 87.4 cm³/mol. The number of aryl methyl sites for hydroxylation is 1. The lowest BCUT2D eigenvalue weighted by Gasteiger charge is -2.16. The number of aromatic nitrogens is 2. The highest BCUT2D eigenvalue weighted by atomic mass is 35.5. The number of aromatic amines is 1. The Balaban J connectivity index is 2.70. The summed E-state index contributed by atoms with van der Waals surface area (Å²) in [5.41, 5.74) is 2.49. The van der Waals surface area contributed by atoms with Crippen LogP contribution in [0.2, 0.25) is 5.02 Å². The van der Waals surface area contributed by atoms with Gasteiger partial charge in [-0.2, -0.15) is 0 Å². The molecule has 21 heavy (non-hydrogen) atoms. The highest BCUT2D eigenvalue weighted by Crippen LogP contribution is 2.27. The van der Waals surface area contributed by atoms with E-state index in [2.05, 4.69) is 4.98 Å². The lowest BCUT2D eigenvalue weighted by atomic mass is 10.0. The molecule has 0 unspecified atom stereocenters. The first-order valence-corrected chi connectivity index (χ1v) is 7.59. The maximum Gasteiger partial charge on any atom is 0.252 e. The second-order valence-corrected chi connectivity index (χ2v) is 5.53. The van der Waals surface area contributed by atoms with Gasteiger partial charge in [0.05, 0.1) is 5.69 Å². The van der Waals surface area contributed by atoms with Crippen LogP contribution in [0.5, 0.6) is 0 Å². The summed E-state index contributed by atoms with van der Waals surface area (Å²) in [5.74, 6) is 0. The molecule has 0 spiro atoms. The van der Waals surface area contributed by atoms with E-state index in [-0.39, 0.29) is 12.2 Å². The number of aliphatic hydroxyl groups is 1. The first-order valence-electron chi connectivity index (χ1n) is 6.80. The monoisotopic (exact) mass is 324 g/mol. The van der Waals surface area contributed by atoms with Crippen LogP contribution in [0.4, 0.5) is 0 Å². The van der Waals surface area contributed by atoms with Gasteiger partial charge in [-0.25, -0.2) is 0 Å². The van der Waals surface area contributed by atoms with Crippen molar-refractivity contribution < 1.29 is 5.11 Å². The van der Waals surface area contributed by atoms with Crippen LogP contribution in [0.3, 0.4) is 0 Å². The van der Waals surface area contributed by atoms with Crippen molar-refractivity contribution in [1.82, 2.24) is 9.55 Å². The van der Waals surface area contributed by atoms with Crippen molar-refractivity contribution in [3.8, 4) is 11.3 Å². The quantitative estimate of drug-likeness (QED) is 0.831. The fraction of sp³-hybridized carbons (Fsp3) is 0.333. The molecule has 0 saturated heterocycles. The first-order chi connectivity index (χ1) is 10.1. The fourth-order valence-electron chi connectivity index (χ4n) is 2.29. The molecule has 112 valence electrons. The molecule has 2 rings (SSSR count). The number of hydrogen-bond acceptors (Lipinski definition) is 3. The van der Waals surface area contributed by atoms with Crippen molar-refractivity contribution in [3.63, 3.8) is 0 Å². The number of nitrogens with zero attached hydrogens (tertiary/aromatic N) is 1. The predicted octanol–water partition coefficient (Wildman–Crippen LogP) is 3.17. The van der Waals surface area contributed by atoms with Crippen LogP contribution in [0.1, 0.15) is 18.9 Å². The normalized spacial score (nSPS) is 10.8. The lowest BCUT2D eigenvalue weighted by Crippen LogP contribution is -2.16. The Labute approximate surface area is 133 Å². The van der Waals surface area contributed by atoms with E-state index in [4.69, 9.17) is 28.9 Å². The molecule has 1 aromatic heterocycles. The smallest absolute Gasteiger partial charge is 0.252 e. The lowest BCUT2D eigenvalue weighted by molar-refractivity contribution is 0.279. The molecular formula is C15H17ClN2O2S. The highest BCUT2D eigenvalue weighted by Gasteiger charge is 2.11. The van der Waals surface area contributed by atoms with Gasteiger partial charge in [-0.05, 0) is 42.8 Å². The Morgan fingerprint density at radius 2 is 2.14 bits per heavy atom. The largest absolute Gasteiger partial charge is 0.396 e. The molecule has 6 heteroatoms. The van der Waals surface area contributed by atoms with Crippen molar-refractivity contribution >= 4 is 23.8 Å². The zero-order valence-electron chi connectivity index (χ0n) is 11.7. The average Bonchev–Trinajstić information content (AvgIpc) is 2.45. The molecule has 0 amide bonds. The van der Waals surface area contributed by atoms with E-state index in [1.807, 2.05) is 29.7 Å². The average molecular weight is 325 g/mol. The minimum Gasteiger partial charge on any atom is -0.396 e. The topological polar surface area (TPSA) is 58.0 Å². The fourth-order valence-corrected chi connectivity index (χ4v) is 2.75. The zero-order valence-corrected chi connectivity index (χ0v) is 13.3. The minimum absolute atomic E-state index is 0.0660. The van der Waals surface area contributed by atoms with Gasteiger partial charge in [-0.1, -0.05) is 24.6 Å². The summed E-state index contributed by atoms with van der Waals surface area (Å²) in [6.45, 7) is 2.65. The third-order valence-electron chi connectivity index (χ3n) is 3.30. The molecule has 1 heterocycles. The Morgan fingerprint density at radius 3 is 2.81 bits per heavy atom. The standard InChI is InChI=1S/C15H17ClN2O2S/c1-2-10-4-5-11(16)8-12(10)13-9-14(20)17-15(21)18(13)6-3-7-19/h4-5,8-9,19H,2-3,6-7H2,1H3,(H,17,20,21). The molecule has 0 aliphatic carbocycles. The van der Waals surface area contributed by atoms with Crippen molar-refractivity contribution in [1.29, 1.82) is 0 Å². The third-order valence-corrected chi connectivity index (χ3v) is 3.86. The summed E-state index contributed by atoms with van der Waals surface area (Å²) < 4.78 is 2.19. The Kier molecular flexibility index (Phi) is 5.33. The molecule has 2 aromatic rings. The van der Waals surface area contributed by atoms with Gasteiger partial charge in [0.15, 0.2) is 4.77 Å². The van der Waals surface area contributed by atoms with Gasteiger partial charge in [0.25, 0.3) is 5.56 Å². The maximum absolute atomic E-state index is 11.8. The van der Waals surface area contributed by atoms with Crippen molar-refractivity contribution in [3.05, 3.63) is 50.0 Å². The van der Waals surface area contributed by atoms with Crippen molar-refractivity contribution in [2.45, 2.75) is 26.3 Å². The first kappa shape index (κ1) is 15.9. The van der Waals surface area contributed by atoms with Crippen molar-refractivity contribution in [2.75, 3.05) is 6.61 Å². The summed E-state index contributed by atoms with van der Waals surface area (Å²) in [6, 6.07) is 7.17. The third kappa shape index (κ3) is 3.61. The number of aliphatic hydroxyl groups excluding tert-OH is 1. The number of nitrogens with one attached hydrogen (secondary N) is 1. The van der Waals surface area contributed by atoms with E-state index in [1.54, 1.807) is 0 Å². The van der Waals surface area contributed by atoms with Crippen LogP contribution < -0.4 is 5.56 Å². The van der Waals surface area contributed by atoms with Gasteiger partial charge in [-0.3, -0.25) is 9.78 Å². The highest BCUT2D eigenvalue weighted by molar-refractivity contribution is 7.71. The maximum atomic E-state index is 11.8. The molecule has 0 fully saturated rings. The van der Waals surface area contributed by atoms with Gasteiger partial charge in [-0.15, -0.1) is 0 Å². The van der Waals surface area contributed by atoms with Crippen LogP contribution in [-0.2, 0) is 13.0 Å². The molecule has 0 radical (unpaired) electrons. The molecule has 1 aromatic carbocycles. The summed E-state index contributed by atoms with van der Waals surface area (Å²) in [5, 5.41) is 9.65. The summed E-state index contributed by atoms with van der Waals surface area (Å²) >= 11 is 11.3. The molecule has 4 nitrogen and oxygen atoms in total. The van der Waals surface area contributed by atoms with Crippen molar-refractivity contribution in [2.24, 2.45) is 0 Å². The minimum atomic E-state index is -0.239. The van der Waals surface area contributed by atoms with Crippen LogP contribution in [-0.4, -0.2) is 21.3 Å². The number of halogens is 1. The van der Waals surface area contributed by atoms with E-state index in [9.17, 15) is 4.79 Å². The summed E-state index contributed by atoms with van der Waals surface area (Å²) in [7, 11) is 0. The second kappa shape index (κ2) is 7.02. The van der Waals surface area contributed by atoms with E-state index >= 15 is 0 Å². The second-order valence-electron chi connectivity index (χ2n) is 4.71. The Hall–Kier alpha value is -1.43. The Morgan fingerprint density at radius 1 is 1.38 bits per heavy atom. The molecule has 0 atom stereocenters. The van der Waals surface area contributed by atoms with Crippen LogP contribution >= 0.6 is 23.8 Å². The van der Waals surface area contributed by atoms with Crippen LogP contribution in [0, 0.1) is 4.77 Å². The van der Waals surface area contributed by atoms with E-state index in [0.717, 1.165) is 23.2 Å². The molecule has 2 N–H and O–H groups in total. The molecule has 0 bridgehead atoms. The van der Waals surface area contributed by atoms with Gasteiger partial charge >= 0.3 is 0 Å². The molecular weight excluding hydrogens is 308 g/mol. The van der Waals surface area contributed by atoms with Gasteiger partial charge in [0.1, 0.15) is 0 Å². The van der Waals surface area contributed by atoms with E-state index in [0.29, 0.717) is 22.8 Å². The Bertz CT molecular complexity index is 752. The summed E-state index contributed by atoms with van der Waals surface area (Å²) in [4.78, 5) is 14.4. The molecule has 0 aliphatic rings. The number of rotatable bonds is 5. The SMILES string of the molecule is CCc1ccc(Cl)cc1-c1cc(=O)[nH]c(=S)n1CCCO. The molecule has 0 saturated carbocycles. The van der Waals surface area contributed by atoms with Gasteiger partial charge < -0.3 is 9.67 Å². The summed E-state index contributed by atoms with van der Waals surface area (Å²) in [6.07, 6.45) is 1.39. The van der Waals surface area contributed by atoms with E-state index < -0.39 is 0 Å². The van der Waals surface area contributed by atoms with E-state index in [1.165, 1.54) is 6.07 Å². The van der Waals surface area contributed by atoms with Crippen LogP contribution in [0.25, 0.3) is 11.3 Å². The van der Waals surface area contributed by atoms with Crippen LogP contribution in [0.15, 0.2) is 29.1 Å². The number of hydrogen-bond donors (Lipinski definition) is 2. The number of H-pyrrole nitrogens is 1. The van der Waals surface area contributed by atoms with Gasteiger partial charge in [0, 0.05) is 29.8 Å².